The Morgan fingerprint density at radius 1 is 0.842 bits per heavy atom. The number of carbonyl (C=O) groups is 3. The number of barbiturate groups is 1. The number of aryl methyl sites for hydroxylation is 2. The number of fused-ring (bicyclic) bond motifs is 1. The molecule has 8 heteroatoms. The third kappa shape index (κ3) is 5.01. The highest BCUT2D eigenvalue weighted by Crippen LogP contribution is 2.36. The van der Waals surface area contributed by atoms with Crippen molar-refractivity contribution in [1.82, 2.24) is 5.32 Å². The predicted octanol–water partition coefficient (Wildman–Crippen LogP) is 7.01. The summed E-state index contributed by atoms with van der Waals surface area (Å²) < 4.78 is 5.92. The van der Waals surface area contributed by atoms with Gasteiger partial charge in [-0.3, -0.25) is 14.9 Å². The number of ether oxygens (including phenoxy) is 1. The lowest BCUT2D eigenvalue weighted by Crippen LogP contribution is -2.54. The second-order valence-electron chi connectivity index (χ2n) is 9.01. The molecule has 1 saturated heterocycles. The van der Waals surface area contributed by atoms with E-state index in [2.05, 4.69) is 5.32 Å². The summed E-state index contributed by atoms with van der Waals surface area (Å²) in [6.45, 7) is 4.05. The molecule has 0 aromatic heterocycles. The molecule has 0 bridgehead atoms. The number of halogens is 2. The maximum Gasteiger partial charge on any atom is 0.335 e. The Labute approximate surface area is 229 Å². The number of urea groups is 1. The van der Waals surface area contributed by atoms with Gasteiger partial charge in [-0.05, 0) is 83.3 Å². The highest BCUT2D eigenvalue weighted by molar-refractivity contribution is 6.40. The predicted molar refractivity (Wildman–Crippen MR) is 150 cm³/mol. The normalized spacial score (nSPS) is 14.8. The van der Waals surface area contributed by atoms with Gasteiger partial charge in [-0.15, -0.1) is 0 Å². The number of carbonyl (C=O) groups excluding carboxylic acids is 3. The van der Waals surface area contributed by atoms with Crippen molar-refractivity contribution in [3.63, 3.8) is 0 Å². The Morgan fingerprint density at radius 3 is 2.26 bits per heavy atom. The van der Waals surface area contributed by atoms with Crippen LogP contribution in [0.25, 0.3) is 16.8 Å². The van der Waals surface area contributed by atoms with Gasteiger partial charge in [-0.1, -0.05) is 65.7 Å². The first-order chi connectivity index (χ1) is 18.2. The van der Waals surface area contributed by atoms with E-state index in [9.17, 15) is 14.4 Å². The number of nitrogens with zero attached hydrogens (tertiary/aromatic N) is 1. The zero-order valence-corrected chi connectivity index (χ0v) is 22.1. The summed E-state index contributed by atoms with van der Waals surface area (Å²) in [5.41, 5.74) is 3.41. The number of anilines is 1. The number of amides is 4. The number of benzene rings is 4. The molecule has 0 saturated carbocycles. The number of nitrogens with one attached hydrogen (secondary N) is 1. The minimum absolute atomic E-state index is 0.218. The molecule has 1 heterocycles. The lowest BCUT2D eigenvalue weighted by Gasteiger charge is -2.27. The molecule has 1 fully saturated rings. The fraction of sp³-hybridized carbons (Fsp3) is 0.100. The van der Waals surface area contributed by atoms with Crippen LogP contribution < -0.4 is 15.0 Å². The van der Waals surface area contributed by atoms with Crippen LogP contribution in [0.5, 0.6) is 5.75 Å². The maximum absolute atomic E-state index is 13.2. The zero-order valence-electron chi connectivity index (χ0n) is 20.5. The molecule has 1 aliphatic heterocycles. The fourth-order valence-electron chi connectivity index (χ4n) is 4.21. The molecular weight excluding hydrogens is 523 g/mol. The van der Waals surface area contributed by atoms with Gasteiger partial charge in [-0.25, -0.2) is 9.69 Å². The molecular formula is C30H22Cl2N2O4. The molecule has 1 N–H and O–H groups in total. The van der Waals surface area contributed by atoms with Gasteiger partial charge in [0.25, 0.3) is 11.8 Å². The minimum atomic E-state index is -0.811. The quantitative estimate of drug-likeness (QED) is 0.216. The van der Waals surface area contributed by atoms with Crippen molar-refractivity contribution in [2.45, 2.75) is 20.5 Å². The molecule has 4 amide bonds. The van der Waals surface area contributed by atoms with E-state index in [0.717, 1.165) is 32.4 Å². The smallest absolute Gasteiger partial charge is 0.335 e. The first kappa shape index (κ1) is 25.5. The lowest BCUT2D eigenvalue weighted by molar-refractivity contribution is -0.122. The SMILES string of the molecule is Cc1ccc(N2C(=O)NC(=O)/C(=C\c3cc(Cl)c(OCc4ccc5ccccc5c4)c(Cl)c3)C2=O)cc1C. The first-order valence-corrected chi connectivity index (χ1v) is 12.5. The minimum Gasteiger partial charge on any atom is -0.486 e. The summed E-state index contributed by atoms with van der Waals surface area (Å²) in [6.07, 6.45) is 1.35. The number of rotatable bonds is 5. The number of imide groups is 2. The lowest BCUT2D eigenvalue weighted by atomic mass is 10.0. The molecule has 0 unspecified atom stereocenters. The molecule has 38 heavy (non-hydrogen) atoms. The van der Waals surface area contributed by atoms with E-state index in [1.807, 2.05) is 56.3 Å². The maximum atomic E-state index is 13.2. The highest BCUT2D eigenvalue weighted by Gasteiger charge is 2.37. The van der Waals surface area contributed by atoms with E-state index in [4.69, 9.17) is 27.9 Å². The Morgan fingerprint density at radius 2 is 1.55 bits per heavy atom. The van der Waals surface area contributed by atoms with Gasteiger partial charge in [0.15, 0.2) is 5.75 Å². The first-order valence-electron chi connectivity index (χ1n) is 11.8. The fourth-order valence-corrected chi connectivity index (χ4v) is 4.82. The van der Waals surface area contributed by atoms with Crippen LogP contribution in [0.15, 0.2) is 78.4 Å². The average molecular weight is 545 g/mol. The molecule has 0 radical (unpaired) electrons. The van der Waals surface area contributed by atoms with Gasteiger partial charge in [0.05, 0.1) is 15.7 Å². The van der Waals surface area contributed by atoms with Crippen molar-refractivity contribution in [3.8, 4) is 5.75 Å². The standard InChI is InChI=1S/C30H22Cl2N2O4/c1-17-7-10-23(11-18(17)2)34-29(36)24(28(35)33-30(34)37)13-20-14-25(31)27(26(32)15-20)38-16-19-8-9-21-5-3-4-6-22(21)12-19/h3-15H,16H2,1-2H3,(H,33,35,37)/b24-13+. The second kappa shape index (κ2) is 10.3. The molecule has 0 aliphatic carbocycles. The van der Waals surface area contributed by atoms with E-state index < -0.39 is 17.8 Å². The molecule has 190 valence electrons. The average Bonchev–Trinajstić information content (AvgIpc) is 2.88. The summed E-state index contributed by atoms with van der Waals surface area (Å²) in [7, 11) is 0. The van der Waals surface area contributed by atoms with Gasteiger partial charge >= 0.3 is 6.03 Å². The highest BCUT2D eigenvalue weighted by atomic mass is 35.5. The van der Waals surface area contributed by atoms with Crippen LogP contribution >= 0.6 is 23.2 Å². The van der Waals surface area contributed by atoms with Crippen LogP contribution in [0.4, 0.5) is 10.5 Å². The topological polar surface area (TPSA) is 75.7 Å². The van der Waals surface area contributed by atoms with Gasteiger partial charge in [0.2, 0.25) is 0 Å². The van der Waals surface area contributed by atoms with E-state index in [-0.39, 0.29) is 28.0 Å². The monoisotopic (exact) mass is 544 g/mol. The van der Waals surface area contributed by atoms with Crippen LogP contribution in [0.1, 0.15) is 22.3 Å². The second-order valence-corrected chi connectivity index (χ2v) is 9.82. The van der Waals surface area contributed by atoms with Crippen molar-refractivity contribution in [1.29, 1.82) is 0 Å². The molecule has 4 aromatic carbocycles. The summed E-state index contributed by atoms with van der Waals surface area (Å²) in [5, 5.41) is 4.88. The van der Waals surface area contributed by atoms with E-state index in [0.29, 0.717) is 11.3 Å². The molecule has 0 atom stereocenters. The Kier molecular flexibility index (Phi) is 6.93. The largest absolute Gasteiger partial charge is 0.486 e. The third-order valence-corrected chi connectivity index (χ3v) is 6.94. The van der Waals surface area contributed by atoms with Crippen molar-refractivity contribution in [2.24, 2.45) is 0 Å². The molecule has 5 rings (SSSR count). The summed E-state index contributed by atoms with van der Waals surface area (Å²) >= 11 is 13.0. The number of hydrogen-bond donors (Lipinski definition) is 1. The van der Waals surface area contributed by atoms with Crippen LogP contribution in [-0.2, 0) is 16.2 Å². The van der Waals surface area contributed by atoms with Crippen LogP contribution in [-0.4, -0.2) is 17.8 Å². The van der Waals surface area contributed by atoms with Crippen LogP contribution in [0, 0.1) is 13.8 Å². The van der Waals surface area contributed by atoms with Crippen LogP contribution in [0.3, 0.4) is 0 Å². The van der Waals surface area contributed by atoms with Gasteiger partial charge in [0, 0.05) is 0 Å². The Bertz CT molecular complexity index is 1640. The van der Waals surface area contributed by atoms with Gasteiger partial charge < -0.3 is 4.74 Å². The van der Waals surface area contributed by atoms with Gasteiger partial charge in [0.1, 0.15) is 12.2 Å². The molecule has 0 spiro atoms. The summed E-state index contributed by atoms with van der Waals surface area (Å²) in [4.78, 5) is 39.2. The Hall–Kier alpha value is -4.13. The van der Waals surface area contributed by atoms with Crippen molar-refractivity contribution in [2.75, 3.05) is 4.90 Å². The number of hydrogen-bond acceptors (Lipinski definition) is 4. The Balaban J connectivity index is 1.40. The molecule has 6 nitrogen and oxygen atoms in total. The van der Waals surface area contributed by atoms with Crippen molar-refractivity contribution >= 4 is 63.6 Å². The van der Waals surface area contributed by atoms with Crippen LogP contribution in [0.2, 0.25) is 10.0 Å². The van der Waals surface area contributed by atoms with E-state index in [1.165, 1.54) is 6.08 Å². The van der Waals surface area contributed by atoms with E-state index in [1.54, 1.807) is 30.3 Å². The summed E-state index contributed by atoms with van der Waals surface area (Å²) in [6, 6.07) is 21.5. The van der Waals surface area contributed by atoms with Crippen molar-refractivity contribution in [3.05, 3.63) is 111 Å². The van der Waals surface area contributed by atoms with Gasteiger partial charge in [-0.2, -0.15) is 0 Å². The van der Waals surface area contributed by atoms with E-state index >= 15 is 0 Å². The third-order valence-electron chi connectivity index (χ3n) is 6.38. The molecule has 4 aromatic rings. The molecule has 1 aliphatic rings. The summed E-state index contributed by atoms with van der Waals surface area (Å²) in [5.74, 6) is -1.26. The zero-order chi connectivity index (χ0) is 27.0. The van der Waals surface area contributed by atoms with Crippen molar-refractivity contribution < 1.29 is 19.1 Å².